The number of carbonyl (C=O) groups is 1. The Kier molecular flexibility index (Phi) is 5.36. The summed E-state index contributed by atoms with van der Waals surface area (Å²) in [5, 5.41) is 0.274. The molecule has 3 rings (SSSR count). The summed E-state index contributed by atoms with van der Waals surface area (Å²) >= 11 is 5.82. The van der Waals surface area contributed by atoms with Gasteiger partial charge in [-0.3, -0.25) is 4.79 Å². The van der Waals surface area contributed by atoms with Gasteiger partial charge < -0.3 is 4.90 Å². The first-order valence-corrected chi connectivity index (χ1v) is 9.80. The van der Waals surface area contributed by atoms with Crippen LogP contribution in [0.4, 0.5) is 0 Å². The van der Waals surface area contributed by atoms with Gasteiger partial charge in [0.25, 0.3) is 5.91 Å². The summed E-state index contributed by atoms with van der Waals surface area (Å²) in [6.45, 7) is 0.974. The number of amides is 1. The van der Waals surface area contributed by atoms with Crippen LogP contribution in [0.2, 0.25) is 5.15 Å². The number of benzene rings is 1. The lowest BCUT2D eigenvalue weighted by Gasteiger charge is -2.32. The number of sulfonamides is 1. The molecule has 2 aromatic rings. The van der Waals surface area contributed by atoms with Crippen molar-refractivity contribution >= 4 is 27.5 Å². The average Bonchev–Trinajstić information content (AvgIpc) is 2.62. The number of piperidine rings is 1. The van der Waals surface area contributed by atoms with Crippen molar-refractivity contribution in [3.8, 4) is 0 Å². The van der Waals surface area contributed by atoms with Gasteiger partial charge in [0, 0.05) is 30.9 Å². The van der Waals surface area contributed by atoms with Gasteiger partial charge in [0.2, 0.25) is 10.0 Å². The van der Waals surface area contributed by atoms with Crippen LogP contribution in [-0.2, 0) is 10.0 Å². The summed E-state index contributed by atoms with van der Waals surface area (Å²) < 4.78 is 27.4. The second-order valence-corrected chi connectivity index (χ2v) is 7.97. The van der Waals surface area contributed by atoms with Gasteiger partial charge in [-0.25, -0.2) is 18.1 Å². The minimum atomic E-state index is -3.53. The van der Waals surface area contributed by atoms with Crippen LogP contribution in [0.25, 0.3) is 0 Å². The van der Waals surface area contributed by atoms with Crippen LogP contribution in [0.15, 0.2) is 53.6 Å². The number of aromatic nitrogens is 1. The molecule has 0 spiro atoms. The van der Waals surface area contributed by atoms with Crippen LogP contribution < -0.4 is 4.72 Å². The smallest absolute Gasteiger partial charge is 0.254 e. The number of carbonyl (C=O) groups excluding carboxylic acids is 1. The molecule has 1 saturated heterocycles. The van der Waals surface area contributed by atoms with Crippen LogP contribution in [0.1, 0.15) is 23.2 Å². The molecule has 1 N–H and O–H groups in total. The third kappa shape index (κ3) is 4.36. The molecule has 0 saturated carbocycles. The van der Waals surface area contributed by atoms with Gasteiger partial charge in [-0.05, 0) is 37.1 Å². The van der Waals surface area contributed by atoms with Gasteiger partial charge in [-0.2, -0.15) is 0 Å². The maximum atomic E-state index is 12.5. The molecule has 1 aliphatic heterocycles. The Labute approximate surface area is 151 Å². The van der Waals surface area contributed by atoms with E-state index < -0.39 is 10.0 Å². The fourth-order valence-corrected chi connectivity index (χ4v) is 4.31. The molecule has 0 atom stereocenters. The largest absolute Gasteiger partial charge is 0.339 e. The Morgan fingerprint density at radius 1 is 1.16 bits per heavy atom. The molecule has 1 aliphatic rings. The van der Waals surface area contributed by atoms with Gasteiger partial charge >= 0.3 is 0 Å². The van der Waals surface area contributed by atoms with E-state index in [2.05, 4.69) is 9.71 Å². The predicted molar refractivity (Wildman–Crippen MR) is 94.9 cm³/mol. The monoisotopic (exact) mass is 379 g/mol. The SMILES string of the molecule is O=C(c1ccnc(Cl)c1)N1CCC(NS(=O)(=O)c2ccccc2)CC1. The lowest BCUT2D eigenvalue weighted by molar-refractivity contribution is 0.0711. The van der Waals surface area contributed by atoms with Gasteiger partial charge in [0.15, 0.2) is 0 Å². The first-order valence-electron chi connectivity index (χ1n) is 7.94. The number of pyridine rings is 1. The number of hydrogen-bond donors (Lipinski definition) is 1. The Hall–Kier alpha value is -1.96. The summed E-state index contributed by atoms with van der Waals surface area (Å²) in [7, 11) is -3.53. The lowest BCUT2D eigenvalue weighted by atomic mass is 10.1. The molecule has 2 heterocycles. The summed E-state index contributed by atoms with van der Waals surface area (Å²) in [6, 6.07) is 11.3. The second-order valence-electron chi connectivity index (χ2n) is 5.87. The van der Waals surface area contributed by atoms with Crippen molar-refractivity contribution in [2.45, 2.75) is 23.8 Å². The third-order valence-electron chi connectivity index (χ3n) is 4.13. The summed E-state index contributed by atoms with van der Waals surface area (Å²) in [5.41, 5.74) is 0.489. The van der Waals surface area contributed by atoms with Crippen molar-refractivity contribution in [1.82, 2.24) is 14.6 Å². The zero-order chi connectivity index (χ0) is 17.9. The normalized spacial score (nSPS) is 16.0. The lowest BCUT2D eigenvalue weighted by Crippen LogP contribution is -2.46. The molecule has 0 bridgehead atoms. The predicted octanol–water partition coefficient (Wildman–Crippen LogP) is 2.32. The second kappa shape index (κ2) is 7.51. The van der Waals surface area contributed by atoms with Gasteiger partial charge in [0.05, 0.1) is 4.90 Å². The number of halogens is 1. The van der Waals surface area contributed by atoms with Crippen LogP contribution >= 0.6 is 11.6 Å². The first kappa shape index (κ1) is 17.8. The van der Waals surface area contributed by atoms with Gasteiger partial charge in [0.1, 0.15) is 5.15 Å². The van der Waals surface area contributed by atoms with Crippen molar-refractivity contribution in [3.05, 3.63) is 59.4 Å². The highest BCUT2D eigenvalue weighted by molar-refractivity contribution is 7.89. The van der Waals surface area contributed by atoms with Crippen LogP contribution in [0.3, 0.4) is 0 Å². The highest BCUT2D eigenvalue weighted by atomic mass is 35.5. The van der Waals surface area contributed by atoms with Crippen LogP contribution in [0, 0.1) is 0 Å². The molecule has 1 amide bonds. The van der Waals surface area contributed by atoms with Crippen molar-refractivity contribution < 1.29 is 13.2 Å². The van der Waals surface area contributed by atoms with Crippen molar-refractivity contribution in [2.75, 3.05) is 13.1 Å². The van der Waals surface area contributed by atoms with E-state index in [9.17, 15) is 13.2 Å². The van der Waals surface area contributed by atoms with E-state index in [-0.39, 0.29) is 22.0 Å². The molecule has 8 heteroatoms. The van der Waals surface area contributed by atoms with Crippen molar-refractivity contribution in [3.63, 3.8) is 0 Å². The molecule has 6 nitrogen and oxygen atoms in total. The van der Waals surface area contributed by atoms with Gasteiger partial charge in [-0.15, -0.1) is 0 Å². The minimum absolute atomic E-state index is 0.117. The van der Waals surface area contributed by atoms with E-state index in [0.717, 1.165) is 0 Å². The van der Waals surface area contributed by atoms with E-state index in [1.807, 2.05) is 0 Å². The molecule has 1 fully saturated rings. The molecular weight excluding hydrogens is 362 g/mol. The zero-order valence-electron chi connectivity index (χ0n) is 13.4. The van der Waals surface area contributed by atoms with Crippen molar-refractivity contribution in [2.24, 2.45) is 0 Å². The molecule has 0 aliphatic carbocycles. The molecule has 132 valence electrons. The minimum Gasteiger partial charge on any atom is -0.339 e. The first-order chi connectivity index (χ1) is 12.0. The van der Waals surface area contributed by atoms with Gasteiger partial charge in [-0.1, -0.05) is 29.8 Å². The maximum Gasteiger partial charge on any atom is 0.254 e. The van der Waals surface area contributed by atoms with Crippen LogP contribution in [0.5, 0.6) is 0 Å². The number of likely N-dealkylation sites (tertiary alicyclic amines) is 1. The van der Waals surface area contributed by atoms with E-state index in [1.165, 1.54) is 12.3 Å². The third-order valence-corrected chi connectivity index (χ3v) is 5.87. The molecular formula is C17H18ClN3O3S. The Morgan fingerprint density at radius 2 is 1.84 bits per heavy atom. The number of rotatable bonds is 4. The maximum absolute atomic E-state index is 12.5. The number of nitrogens with zero attached hydrogens (tertiary/aromatic N) is 2. The van der Waals surface area contributed by atoms with Crippen LogP contribution in [-0.4, -0.2) is 43.3 Å². The number of hydrogen-bond acceptors (Lipinski definition) is 4. The standard InChI is InChI=1S/C17H18ClN3O3S/c18-16-12-13(6-9-19-16)17(22)21-10-7-14(8-11-21)20-25(23,24)15-4-2-1-3-5-15/h1-6,9,12,14,20H,7-8,10-11H2. The Morgan fingerprint density at radius 3 is 2.48 bits per heavy atom. The highest BCUT2D eigenvalue weighted by Gasteiger charge is 2.27. The summed E-state index contributed by atoms with van der Waals surface area (Å²) in [4.78, 5) is 18.3. The van der Waals surface area contributed by atoms with E-state index in [0.29, 0.717) is 31.5 Å². The van der Waals surface area contributed by atoms with E-state index in [1.54, 1.807) is 41.3 Å². The van der Waals surface area contributed by atoms with E-state index in [4.69, 9.17) is 11.6 Å². The molecule has 25 heavy (non-hydrogen) atoms. The molecule has 1 aromatic carbocycles. The fourth-order valence-electron chi connectivity index (χ4n) is 2.81. The highest BCUT2D eigenvalue weighted by Crippen LogP contribution is 2.17. The zero-order valence-corrected chi connectivity index (χ0v) is 15.0. The average molecular weight is 380 g/mol. The summed E-state index contributed by atoms with van der Waals surface area (Å²) in [5.74, 6) is -0.117. The molecule has 0 unspecified atom stereocenters. The topological polar surface area (TPSA) is 79.4 Å². The molecule has 0 radical (unpaired) electrons. The quantitative estimate of drug-likeness (QED) is 0.827. The Bertz CT molecular complexity index is 850. The Balaban J connectivity index is 1.60. The number of nitrogens with one attached hydrogen (secondary N) is 1. The fraction of sp³-hybridized carbons (Fsp3) is 0.294. The molecule has 1 aromatic heterocycles. The summed E-state index contributed by atoms with van der Waals surface area (Å²) in [6.07, 6.45) is 2.63. The van der Waals surface area contributed by atoms with Crippen molar-refractivity contribution in [1.29, 1.82) is 0 Å². The van der Waals surface area contributed by atoms with E-state index >= 15 is 0 Å².